The van der Waals surface area contributed by atoms with Gasteiger partial charge in [-0.25, -0.2) is 4.98 Å². The Bertz CT molecular complexity index is 404. The molecule has 0 aliphatic rings. The summed E-state index contributed by atoms with van der Waals surface area (Å²) in [7, 11) is 0. The molecular weight excluding hydrogens is 184 g/mol. The molecular formula is C8H10N4S. The second-order valence-electron chi connectivity index (χ2n) is 2.65. The predicted molar refractivity (Wildman–Crippen MR) is 53.4 cm³/mol. The molecule has 0 spiro atoms. The van der Waals surface area contributed by atoms with E-state index in [4.69, 9.17) is 5.73 Å². The van der Waals surface area contributed by atoms with Gasteiger partial charge >= 0.3 is 0 Å². The average Bonchev–Trinajstić information content (AvgIpc) is 2.71. The quantitative estimate of drug-likeness (QED) is 0.790. The van der Waals surface area contributed by atoms with Gasteiger partial charge in [0.1, 0.15) is 10.7 Å². The topological polar surface area (TPSA) is 56.7 Å². The Morgan fingerprint density at radius 1 is 1.62 bits per heavy atom. The van der Waals surface area contributed by atoms with E-state index in [-0.39, 0.29) is 0 Å². The molecule has 0 fully saturated rings. The number of rotatable bonds is 2. The molecule has 13 heavy (non-hydrogen) atoms. The van der Waals surface area contributed by atoms with Crippen LogP contribution in [0.5, 0.6) is 0 Å². The maximum atomic E-state index is 5.74. The monoisotopic (exact) mass is 194 g/mol. The second-order valence-corrected chi connectivity index (χ2v) is 3.54. The molecule has 0 aliphatic carbocycles. The van der Waals surface area contributed by atoms with E-state index in [0.717, 1.165) is 22.8 Å². The normalized spacial score (nSPS) is 10.5. The van der Waals surface area contributed by atoms with Crippen molar-refractivity contribution in [1.82, 2.24) is 14.8 Å². The van der Waals surface area contributed by atoms with Crippen LogP contribution in [-0.2, 0) is 6.54 Å². The Morgan fingerprint density at radius 2 is 2.46 bits per heavy atom. The van der Waals surface area contributed by atoms with Crippen LogP contribution in [0.25, 0.3) is 11.3 Å². The zero-order valence-corrected chi connectivity index (χ0v) is 8.08. The fourth-order valence-corrected chi connectivity index (χ4v) is 1.68. The van der Waals surface area contributed by atoms with Crippen molar-refractivity contribution in [3.05, 3.63) is 17.9 Å². The Labute approximate surface area is 80.0 Å². The lowest BCUT2D eigenvalue weighted by Gasteiger charge is -1.92. The van der Waals surface area contributed by atoms with Crippen molar-refractivity contribution in [2.24, 2.45) is 0 Å². The molecule has 68 valence electrons. The van der Waals surface area contributed by atoms with Crippen LogP contribution >= 0.6 is 11.3 Å². The number of aryl methyl sites for hydroxylation is 1. The van der Waals surface area contributed by atoms with Crippen molar-refractivity contribution >= 4 is 16.3 Å². The highest BCUT2D eigenvalue weighted by molar-refractivity contribution is 7.14. The lowest BCUT2D eigenvalue weighted by molar-refractivity contribution is 0.660. The van der Waals surface area contributed by atoms with E-state index in [2.05, 4.69) is 10.1 Å². The number of aromatic nitrogens is 3. The van der Waals surface area contributed by atoms with Crippen molar-refractivity contribution < 1.29 is 0 Å². The van der Waals surface area contributed by atoms with Crippen LogP contribution in [0.1, 0.15) is 6.92 Å². The number of nitrogen functional groups attached to an aromatic ring is 1. The van der Waals surface area contributed by atoms with Gasteiger partial charge in [0.25, 0.3) is 0 Å². The standard InChI is InChI=1S/C8H10N4S/c1-2-12-4-6(3-11-12)7-8(9)13-5-10-7/h3-5H,2,9H2,1H3. The molecule has 0 amide bonds. The number of thiazole rings is 1. The van der Waals surface area contributed by atoms with Crippen LogP contribution < -0.4 is 5.73 Å². The third-order valence-electron chi connectivity index (χ3n) is 1.83. The smallest absolute Gasteiger partial charge is 0.114 e. The fourth-order valence-electron chi connectivity index (χ4n) is 1.13. The summed E-state index contributed by atoms with van der Waals surface area (Å²) in [5.41, 5.74) is 9.31. The molecule has 0 unspecified atom stereocenters. The Morgan fingerprint density at radius 3 is 3.00 bits per heavy atom. The summed E-state index contributed by atoms with van der Waals surface area (Å²) in [5, 5.41) is 4.90. The molecule has 0 aliphatic heterocycles. The van der Waals surface area contributed by atoms with Gasteiger partial charge in [-0.1, -0.05) is 0 Å². The molecule has 0 atom stereocenters. The van der Waals surface area contributed by atoms with Gasteiger partial charge in [0.05, 0.1) is 11.7 Å². The molecule has 0 bridgehead atoms. The average molecular weight is 194 g/mol. The highest BCUT2D eigenvalue weighted by Gasteiger charge is 2.07. The molecule has 2 rings (SSSR count). The Kier molecular flexibility index (Phi) is 2.02. The number of nitrogens with zero attached hydrogens (tertiary/aromatic N) is 3. The first-order valence-electron chi connectivity index (χ1n) is 4.03. The fraction of sp³-hybridized carbons (Fsp3) is 0.250. The van der Waals surface area contributed by atoms with E-state index < -0.39 is 0 Å². The van der Waals surface area contributed by atoms with E-state index in [0.29, 0.717) is 0 Å². The van der Waals surface area contributed by atoms with Gasteiger partial charge in [-0.3, -0.25) is 4.68 Å². The molecule has 2 N–H and O–H groups in total. The molecule has 5 heteroatoms. The predicted octanol–water partition coefficient (Wildman–Crippen LogP) is 1.61. The molecule has 0 radical (unpaired) electrons. The summed E-state index contributed by atoms with van der Waals surface area (Å²) in [5.74, 6) is 0. The first-order chi connectivity index (χ1) is 6.31. The van der Waals surface area contributed by atoms with Crippen molar-refractivity contribution in [3.8, 4) is 11.3 Å². The first-order valence-corrected chi connectivity index (χ1v) is 4.91. The van der Waals surface area contributed by atoms with Crippen molar-refractivity contribution in [1.29, 1.82) is 0 Å². The largest absolute Gasteiger partial charge is 0.389 e. The number of hydrogen-bond donors (Lipinski definition) is 1. The van der Waals surface area contributed by atoms with E-state index >= 15 is 0 Å². The minimum absolute atomic E-state index is 0.746. The molecule has 0 saturated carbocycles. The van der Waals surface area contributed by atoms with Crippen molar-refractivity contribution in [2.75, 3.05) is 5.73 Å². The molecule has 2 aromatic heterocycles. The van der Waals surface area contributed by atoms with Gasteiger partial charge in [-0.05, 0) is 6.92 Å². The van der Waals surface area contributed by atoms with E-state index in [1.165, 1.54) is 11.3 Å². The van der Waals surface area contributed by atoms with Crippen LogP contribution in [0.4, 0.5) is 5.00 Å². The van der Waals surface area contributed by atoms with Crippen LogP contribution in [0.2, 0.25) is 0 Å². The number of hydrogen-bond acceptors (Lipinski definition) is 4. The third-order valence-corrected chi connectivity index (χ3v) is 2.48. The SMILES string of the molecule is CCn1cc(-c2ncsc2N)cn1. The van der Waals surface area contributed by atoms with Crippen molar-refractivity contribution in [3.63, 3.8) is 0 Å². The molecule has 4 nitrogen and oxygen atoms in total. The maximum Gasteiger partial charge on any atom is 0.114 e. The third kappa shape index (κ3) is 1.42. The molecule has 0 saturated heterocycles. The highest BCUT2D eigenvalue weighted by Crippen LogP contribution is 2.26. The minimum atomic E-state index is 0.746. The van der Waals surface area contributed by atoms with Gasteiger partial charge in [-0.2, -0.15) is 5.10 Å². The minimum Gasteiger partial charge on any atom is -0.389 e. The molecule has 0 aromatic carbocycles. The van der Waals surface area contributed by atoms with Gasteiger partial charge in [0, 0.05) is 18.3 Å². The van der Waals surface area contributed by atoms with E-state index in [1.54, 1.807) is 11.7 Å². The van der Waals surface area contributed by atoms with E-state index in [1.807, 2.05) is 17.8 Å². The summed E-state index contributed by atoms with van der Waals surface area (Å²) >= 11 is 1.45. The summed E-state index contributed by atoms with van der Waals surface area (Å²) in [6.07, 6.45) is 3.74. The Hall–Kier alpha value is -1.36. The van der Waals surface area contributed by atoms with Crippen molar-refractivity contribution in [2.45, 2.75) is 13.5 Å². The van der Waals surface area contributed by atoms with E-state index in [9.17, 15) is 0 Å². The summed E-state index contributed by atoms with van der Waals surface area (Å²) < 4.78 is 1.86. The summed E-state index contributed by atoms with van der Waals surface area (Å²) in [6.45, 7) is 2.91. The number of nitrogens with two attached hydrogens (primary N) is 1. The van der Waals surface area contributed by atoms with Crippen LogP contribution in [-0.4, -0.2) is 14.8 Å². The zero-order chi connectivity index (χ0) is 9.26. The zero-order valence-electron chi connectivity index (χ0n) is 7.27. The van der Waals surface area contributed by atoms with Gasteiger partial charge in [0.2, 0.25) is 0 Å². The van der Waals surface area contributed by atoms with Gasteiger partial charge < -0.3 is 5.73 Å². The summed E-state index contributed by atoms with van der Waals surface area (Å²) in [6, 6.07) is 0. The van der Waals surface area contributed by atoms with Crippen LogP contribution in [0.3, 0.4) is 0 Å². The Balaban J connectivity index is 2.41. The maximum absolute atomic E-state index is 5.74. The number of anilines is 1. The van der Waals surface area contributed by atoms with Gasteiger partial charge in [0.15, 0.2) is 0 Å². The molecule has 2 aromatic rings. The van der Waals surface area contributed by atoms with Crippen LogP contribution in [0, 0.1) is 0 Å². The summed E-state index contributed by atoms with van der Waals surface area (Å²) in [4.78, 5) is 4.17. The van der Waals surface area contributed by atoms with Crippen LogP contribution in [0.15, 0.2) is 17.9 Å². The second kappa shape index (κ2) is 3.18. The van der Waals surface area contributed by atoms with Gasteiger partial charge in [-0.15, -0.1) is 11.3 Å². The first kappa shape index (κ1) is 8.25. The lowest BCUT2D eigenvalue weighted by Crippen LogP contribution is -1.92. The lowest BCUT2D eigenvalue weighted by atomic mass is 10.3. The highest BCUT2D eigenvalue weighted by atomic mass is 32.1. The molecule has 2 heterocycles.